The molecule has 2 aromatic heterocycles. The monoisotopic (exact) mass is 337 g/mol. The normalized spacial score (nSPS) is 13.0. The molecular weight excluding hydrogens is 323 g/mol. The van der Waals surface area contributed by atoms with Crippen LogP contribution in [0.2, 0.25) is 0 Å². The molecule has 1 atom stereocenters. The number of aromatic nitrogens is 4. The smallest absolute Gasteiger partial charge is 0.408 e. The molecule has 1 aromatic carbocycles. The van der Waals surface area contributed by atoms with Crippen molar-refractivity contribution in [2.24, 2.45) is 0 Å². The molecule has 0 saturated carbocycles. The summed E-state index contributed by atoms with van der Waals surface area (Å²) >= 11 is 0. The number of hydrogen-bond donors (Lipinski definition) is 1. The predicted octanol–water partition coefficient (Wildman–Crippen LogP) is 3.67. The third-order valence-electron chi connectivity index (χ3n) is 3.18. The van der Waals surface area contributed by atoms with Gasteiger partial charge in [-0.2, -0.15) is 18.3 Å². The lowest BCUT2D eigenvalue weighted by Gasteiger charge is -2.09. The number of rotatable bonds is 5. The van der Waals surface area contributed by atoms with Gasteiger partial charge in [0.1, 0.15) is 18.4 Å². The summed E-state index contributed by atoms with van der Waals surface area (Å²) in [6.07, 6.45) is -3.06. The predicted molar refractivity (Wildman–Crippen MR) is 80.1 cm³/mol. The molecule has 126 valence electrons. The molecule has 0 unspecified atom stereocenters. The van der Waals surface area contributed by atoms with E-state index in [4.69, 9.17) is 4.42 Å². The second-order valence-electron chi connectivity index (χ2n) is 5.19. The number of anilines is 1. The minimum absolute atomic E-state index is 0.297. The molecule has 3 aromatic rings. The molecule has 0 bridgehead atoms. The molecule has 0 fully saturated rings. The van der Waals surface area contributed by atoms with Gasteiger partial charge < -0.3 is 9.73 Å². The van der Waals surface area contributed by atoms with Crippen LogP contribution >= 0.6 is 0 Å². The minimum Gasteiger partial charge on any atom is -0.418 e. The van der Waals surface area contributed by atoms with E-state index in [0.29, 0.717) is 17.6 Å². The van der Waals surface area contributed by atoms with Crippen LogP contribution in [0.1, 0.15) is 18.9 Å². The first-order valence-corrected chi connectivity index (χ1v) is 7.16. The maximum absolute atomic E-state index is 12.3. The second kappa shape index (κ2) is 6.34. The molecule has 0 radical (unpaired) electrons. The van der Waals surface area contributed by atoms with Crippen LogP contribution in [0, 0.1) is 0 Å². The van der Waals surface area contributed by atoms with Gasteiger partial charge in [-0.05, 0) is 19.1 Å². The Morgan fingerprint density at radius 1 is 1.17 bits per heavy atom. The first kappa shape index (κ1) is 16.0. The van der Waals surface area contributed by atoms with Gasteiger partial charge >= 0.3 is 6.18 Å². The summed E-state index contributed by atoms with van der Waals surface area (Å²) in [4.78, 5) is 0. The highest BCUT2D eigenvalue weighted by Gasteiger charge is 2.28. The van der Waals surface area contributed by atoms with Crippen LogP contribution < -0.4 is 5.32 Å². The Balaban J connectivity index is 1.67. The van der Waals surface area contributed by atoms with E-state index in [1.54, 1.807) is 6.92 Å². The van der Waals surface area contributed by atoms with Crippen LogP contribution in [0.15, 0.2) is 47.0 Å². The largest absolute Gasteiger partial charge is 0.418 e. The first-order chi connectivity index (χ1) is 11.4. The SMILES string of the molecule is C[C@H](Nc1ccn(CC(F)(F)F)n1)c1nnc(-c2ccccc2)o1. The van der Waals surface area contributed by atoms with Gasteiger partial charge in [0.05, 0.1) is 0 Å². The van der Waals surface area contributed by atoms with Crippen LogP contribution in [0.3, 0.4) is 0 Å². The van der Waals surface area contributed by atoms with Crippen molar-refractivity contribution in [2.75, 3.05) is 5.32 Å². The summed E-state index contributed by atoms with van der Waals surface area (Å²) in [6, 6.07) is 10.3. The average Bonchev–Trinajstić information content (AvgIpc) is 3.16. The van der Waals surface area contributed by atoms with Gasteiger partial charge in [0.25, 0.3) is 0 Å². The molecule has 0 amide bonds. The lowest BCUT2D eigenvalue weighted by Crippen LogP contribution is -2.18. The van der Waals surface area contributed by atoms with E-state index >= 15 is 0 Å². The van der Waals surface area contributed by atoms with Crippen molar-refractivity contribution in [1.82, 2.24) is 20.0 Å². The fourth-order valence-electron chi connectivity index (χ4n) is 2.10. The standard InChI is InChI=1S/C15H14F3N5O/c1-10(19-12-7-8-23(22-12)9-15(16,17)18)13-20-21-14(24-13)11-5-3-2-4-6-11/h2-8,10H,9H2,1H3,(H,19,22)/t10-/m0/s1. The molecular formula is C15H14F3N5O. The summed E-state index contributed by atoms with van der Waals surface area (Å²) < 4.78 is 43.4. The van der Waals surface area contributed by atoms with Crippen molar-refractivity contribution in [1.29, 1.82) is 0 Å². The lowest BCUT2D eigenvalue weighted by atomic mass is 10.2. The number of alkyl halides is 3. The highest BCUT2D eigenvalue weighted by atomic mass is 19.4. The molecule has 0 aliphatic carbocycles. The number of nitrogens with one attached hydrogen (secondary N) is 1. The Bertz CT molecular complexity index is 797. The summed E-state index contributed by atoms with van der Waals surface area (Å²) in [5, 5.41) is 14.7. The first-order valence-electron chi connectivity index (χ1n) is 7.16. The van der Waals surface area contributed by atoms with E-state index in [1.807, 2.05) is 30.3 Å². The van der Waals surface area contributed by atoms with E-state index in [9.17, 15) is 13.2 Å². The molecule has 6 nitrogen and oxygen atoms in total. The highest BCUT2D eigenvalue weighted by Crippen LogP contribution is 2.23. The maximum Gasteiger partial charge on any atom is 0.408 e. The number of halogens is 3. The topological polar surface area (TPSA) is 68.8 Å². The highest BCUT2D eigenvalue weighted by molar-refractivity contribution is 5.51. The van der Waals surface area contributed by atoms with E-state index in [1.165, 1.54) is 12.3 Å². The van der Waals surface area contributed by atoms with Crippen LogP contribution in [-0.2, 0) is 6.54 Å². The molecule has 9 heteroatoms. The number of hydrogen-bond acceptors (Lipinski definition) is 5. The van der Waals surface area contributed by atoms with Crippen molar-refractivity contribution in [3.63, 3.8) is 0 Å². The van der Waals surface area contributed by atoms with Gasteiger partial charge in [0, 0.05) is 17.8 Å². The molecule has 2 heterocycles. The Labute approximate surface area is 135 Å². The van der Waals surface area contributed by atoms with E-state index in [2.05, 4.69) is 20.6 Å². The number of benzene rings is 1. The molecule has 24 heavy (non-hydrogen) atoms. The van der Waals surface area contributed by atoms with E-state index < -0.39 is 18.8 Å². The summed E-state index contributed by atoms with van der Waals surface area (Å²) in [7, 11) is 0. The average molecular weight is 337 g/mol. The van der Waals surface area contributed by atoms with Gasteiger partial charge in [-0.1, -0.05) is 18.2 Å². The van der Waals surface area contributed by atoms with Crippen LogP contribution in [0.5, 0.6) is 0 Å². The molecule has 0 aliphatic heterocycles. The van der Waals surface area contributed by atoms with Gasteiger partial charge in [0.15, 0.2) is 0 Å². The van der Waals surface area contributed by atoms with Crippen molar-refractivity contribution in [3.05, 3.63) is 48.5 Å². The zero-order valence-corrected chi connectivity index (χ0v) is 12.7. The van der Waals surface area contributed by atoms with Crippen molar-refractivity contribution in [2.45, 2.75) is 25.7 Å². The lowest BCUT2D eigenvalue weighted by molar-refractivity contribution is -0.142. The summed E-state index contributed by atoms with van der Waals surface area (Å²) in [6.45, 7) is 0.618. The van der Waals surface area contributed by atoms with Crippen molar-refractivity contribution >= 4 is 5.82 Å². The zero-order valence-electron chi connectivity index (χ0n) is 12.7. The van der Waals surface area contributed by atoms with Crippen LogP contribution in [0.4, 0.5) is 19.0 Å². The quantitative estimate of drug-likeness (QED) is 0.769. The van der Waals surface area contributed by atoms with Gasteiger partial charge in [-0.25, -0.2) is 0 Å². The fourth-order valence-corrected chi connectivity index (χ4v) is 2.10. The van der Waals surface area contributed by atoms with E-state index in [0.717, 1.165) is 10.2 Å². The molecule has 3 rings (SSSR count). The Kier molecular flexibility index (Phi) is 4.24. The summed E-state index contributed by atoms with van der Waals surface area (Å²) in [5.41, 5.74) is 0.790. The fraction of sp³-hybridized carbons (Fsp3) is 0.267. The summed E-state index contributed by atoms with van der Waals surface area (Å²) in [5.74, 6) is 0.993. The van der Waals surface area contributed by atoms with E-state index in [-0.39, 0.29) is 0 Å². The van der Waals surface area contributed by atoms with Gasteiger partial charge in [-0.15, -0.1) is 10.2 Å². The van der Waals surface area contributed by atoms with Gasteiger partial charge in [-0.3, -0.25) is 4.68 Å². The third kappa shape index (κ3) is 3.92. The molecule has 1 N–H and O–H groups in total. The Morgan fingerprint density at radius 2 is 1.92 bits per heavy atom. The van der Waals surface area contributed by atoms with Crippen LogP contribution in [0.25, 0.3) is 11.5 Å². The zero-order chi connectivity index (χ0) is 17.2. The van der Waals surface area contributed by atoms with Crippen LogP contribution in [-0.4, -0.2) is 26.2 Å². The Hall–Kier alpha value is -2.84. The Morgan fingerprint density at radius 3 is 2.62 bits per heavy atom. The second-order valence-corrected chi connectivity index (χ2v) is 5.19. The van der Waals surface area contributed by atoms with Crippen molar-refractivity contribution < 1.29 is 17.6 Å². The molecule has 0 saturated heterocycles. The van der Waals surface area contributed by atoms with Gasteiger partial charge in [0.2, 0.25) is 11.8 Å². The maximum atomic E-state index is 12.3. The molecule has 0 aliphatic rings. The number of nitrogens with zero attached hydrogens (tertiary/aromatic N) is 4. The molecule has 0 spiro atoms. The van der Waals surface area contributed by atoms with Crippen molar-refractivity contribution in [3.8, 4) is 11.5 Å². The third-order valence-corrected chi connectivity index (χ3v) is 3.18. The minimum atomic E-state index is -4.31.